The highest BCUT2D eigenvalue weighted by Crippen LogP contribution is 2.36. The molecule has 1 saturated heterocycles. The van der Waals surface area contributed by atoms with Crippen LogP contribution >= 0.6 is 15.9 Å². The van der Waals surface area contributed by atoms with Crippen LogP contribution in [0.1, 0.15) is 44.6 Å². The number of aryl methyl sites for hydroxylation is 1. The van der Waals surface area contributed by atoms with Crippen LogP contribution in [0.4, 0.5) is 5.82 Å². The molecule has 2 rings (SSSR count). The molecule has 0 aromatic carbocycles. The summed E-state index contributed by atoms with van der Waals surface area (Å²) in [5.74, 6) is 1.63. The van der Waals surface area contributed by atoms with E-state index in [9.17, 15) is 0 Å². The first-order chi connectivity index (χ1) is 10.2. The molecule has 118 valence electrons. The molecule has 0 radical (unpaired) electrons. The van der Waals surface area contributed by atoms with Gasteiger partial charge in [0, 0.05) is 39.7 Å². The summed E-state index contributed by atoms with van der Waals surface area (Å²) in [6.07, 6.45) is 3.55. The Balaban J connectivity index is 2.45. The highest BCUT2D eigenvalue weighted by atomic mass is 79.9. The van der Waals surface area contributed by atoms with Gasteiger partial charge in [-0.05, 0) is 29.3 Å². The molecule has 1 aliphatic heterocycles. The van der Waals surface area contributed by atoms with Crippen LogP contribution in [0.3, 0.4) is 0 Å². The van der Waals surface area contributed by atoms with Gasteiger partial charge in [0.05, 0.1) is 10.2 Å². The van der Waals surface area contributed by atoms with Gasteiger partial charge in [0.15, 0.2) is 5.82 Å². The van der Waals surface area contributed by atoms with Crippen molar-refractivity contribution in [1.29, 1.82) is 0 Å². The molecule has 0 saturated carbocycles. The predicted octanol–water partition coefficient (Wildman–Crippen LogP) is 3.28. The van der Waals surface area contributed by atoms with Crippen molar-refractivity contribution in [2.75, 3.05) is 32.2 Å². The monoisotopic (exact) mass is 357 g/mol. The molecule has 1 fully saturated rings. The number of rotatable bonds is 6. The number of anilines is 1. The quantitative estimate of drug-likeness (QED) is 0.846. The van der Waals surface area contributed by atoms with Crippen LogP contribution in [0.15, 0.2) is 4.47 Å². The lowest BCUT2D eigenvalue weighted by atomic mass is 9.93. The molecule has 0 amide bonds. The van der Waals surface area contributed by atoms with Gasteiger partial charge >= 0.3 is 0 Å². The molecule has 0 atom stereocenters. The maximum atomic E-state index is 5.82. The fraction of sp³-hybridized carbons (Fsp3) is 0.733. The fourth-order valence-corrected chi connectivity index (χ4v) is 3.12. The molecule has 5 nitrogen and oxygen atoms in total. The van der Waals surface area contributed by atoms with Crippen molar-refractivity contribution in [1.82, 2.24) is 9.97 Å². The molecule has 1 aromatic heterocycles. The van der Waals surface area contributed by atoms with Crippen LogP contribution in [-0.2, 0) is 21.5 Å². The zero-order valence-corrected chi connectivity index (χ0v) is 14.6. The van der Waals surface area contributed by atoms with Crippen molar-refractivity contribution >= 4 is 21.7 Å². The Hall–Kier alpha value is -0.720. The highest BCUT2D eigenvalue weighted by molar-refractivity contribution is 9.10. The molecule has 1 N–H and O–H groups in total. The second-order valence-corrected chi connectivity index (χ2v) is 6.04. The average molecular weight is 358 g/mol. The second-order valence-electron chi connectivity index (χ2n) is 5.25. The van der Waals surface area contributed by atoms with Gasteiger partial charge in [-0.15, -0.1) is 0 Å². The maximum absolute atomic E-state index is 5.82. The van der Waals surface area contributed by atoms with E-state index in [0.29, 0.717) is 13.2 Å². The summed E-state index contributed by atoms with van der Waals surface area (Å²) in [6.45, 7) is 6.42. The summed E-state index contributed by atoms with van der Waals surface area (Å²) >= 11 is 3.63. The summed E-state index contributed by atoms with van der Waals surface area (Å²) in [5, 5.41) is 3.31. The van der Waals surface area contributed by atoms with Gasteiger partial charge in [-0.2, -0.15) is 0 Å². The van der Waals surface area contributed by atoms with E-state index < -0.39 is 5.60 Å². The van der Waals surface area contributed by atoms with Crippen molar-refractivity contribution in [2.24, 2.45) is 0 Å². The van der Waals surface area contributed by atoms with Crippen LogP contribution in [-0.4, -0.2) is 36.8 Å². The van der Waals surface area contributed by atoms with Crippen molar-refractivity contribution in [3.8, 4) is 0 Å². The Morgan fingerprint density at radius 3 is 2.57 bits per heavy atom. The molecule has 0 bridgehead atoms. The highest BCUT2D eigenvalue weighted by Gasteiger charge is 2.38. The second kappa shape index (κ2) is 7.51. The summed E-state index contributed by atoms with van der Waals surface area (Å²) in [7, 11) is 1.74. The lowest BCUT2D eigenvalue weighted by Gasteiger charge is -2.34. The van der Waals surface area contributed by atoms with Gasteiger partial charge < -0.3 is 14.8 Å². The zero-order valence-electron chi connectivity index (χ0n) is 13.0. The first-order valence-corrected chi connectivity index (χ1v) is 8.39. The zero-order chi connectivity index (χ0) is 15.3. The number of halogens is 1. The Morgan fingerprint density at radius 1 is 1.29 bits per heavy atom. The van der Waals surface area contributed by atoms with E-state index in [1.807, 2.05) is 0 Å². The number of hydrogen-bond donors (Lipinski definition) is 1. The number of nitrogens with one attached hydrogen (secondary N) is 1. The van der Waals surface area contributed by atoms with E-state index in [0.717, 1.165) is 54.0 Å². The van der Waals surface area contributed by atoms with E-state index in [2.05, 4.69) is 35.1 Å². The van der Waals surface area contributed by atoms with Crippen molar-refractivity contribution in [2.45, 2.75) is 45.1 Å². The molecule has 0 spiro atoms. The predicted molar refractivity (Wildman–Crippen MR) is 86.6 cm³/mol. The van der Waals surface area contributed by atoms with Crippen LogP contribution < -0.4 is 5.32 Å². The molecular weight excluding hydrogens is 334 g/mol. The maximum Gasteiger partial charge on any atom is 0.163 e. The smallest absolute Gasteiger partial charge is 0.163 e. The molecule has 0 aliphatic carbocycles. The normalized spacial score (nSPS) is 17.7. The lowest BCUT2D eigenvalue weighted by Crippen LogP contribution is -2.37. The first-order valence-electron chi connectivity index (χ1n) is 7.60. The summed E-state index contributed by atoms with van der Waals surface area (Å²) < 4.78 is 12.3. The third-order valence-corrected chi connectivity index (χ3v) is 4.68. The van der Waals surface area contributed by atoms with Crippen LogP contribution in [0.25, 0.3) is 0 Å². The first kappa shape index (κ1) is 16.6. The van der Waals surface area contributed by atoms with E-state index in [-0.39, 0.29) is 0 Å². The Bertz CT molecular complexity index is 449. The lowest BCUT2D eigenvalue weighted by molar-refractivity contribution is -0.100. The van der Waals surface area contributed by atoms with Crippen molar-refractivity contribution in [3.63, 3.8) is 0 Å². The minimum Gasteiger partial charge on any atom is -0.381 e. The van der Waals surface area contributed by atoms with E-state index in [4.69, 9.17) is 19.4 Å². The van der Waals surface area contributed by atoms with Gasteiger partial charge in [-0.1, -0.05) is 13.3 Å². The van der Waals surface area contributed by atoms with Gasteiger partial charge in [-0.25, -0.2) is 9.97 Å². The van der Waals surface area contributed by atoms with Gasteiger partial charge in [0.1, 0.15) is 11.4 Å². The van der Waals surface area contributed by atoms with Gasteiger partial charge in [-0.3, -0.25) is 0 Å². The van der Waals surface area contributed by atoms with Gasteiger partial charge in [0.25, 0.3) is 0 Å². The molecule has 0 unspecified atom stereocenters. The Kier molecular flexibility index (Phi) is 5.96. The molecule has 1 aromatic rings. The van der Waals surface area contributed by atoms with Crippen LogP contribution in [0.5, 0.6) is 0 Å². The Morgan fingerprint density at radius 2 is 2.00 bits per heavy atom. The number of ether oxygens (including phenoxy) is 2. The topological polar surface area (TPSA) is 56.3 Å². The van der Waals surface area contributed by atoms with E-state index >= 15 is 0 Å². The number of hydrogen-bond acceptors (Lipinski definition) is 5. The molecular formula is C15H24BrN3O2. The SMILES string of the molecule is CCCc1nc(C2(OC)CCOCC2)nc(NCC)c1Br. The van der Waals surface area contributed by atoms with Crippen LogP contribution in [0, 0.1) is 0 Å². The van der Waals surface area contributed by atoms with E-state index in [1.165, 1.54) is 0 Å². The number of nitrogens with zero attached hydrogens (tertiary/aromatic N) is 2. The minimum absolute atomic E-state index is 0.425. The summed E-state index contributed by atoms with van der Waals surface area (Å²) in [5.41, 5.74) is 0.618. The van der Waals surface area contributed by atoms with E-state index in [1.54, 1.807) is 7.11 Å². The molecule has 6 heteroatoms. The summed E-state index contributed by atoms with van der Waals surface area (Å²) in [6, 6.07) is 0. The number of aromatic nitrogens is 2. The third kappa shape index (κ3) is 3.55. The number of methoxy groups -OCH3 is 1. The van der Waals surface area contributed by atoms with Gasteiger partial charge in [0.2, 0.25) is 0 Å². The molecule has 1 aliphatic rings. The van der Waals surface area contributed by atoms with Crippen molar-refractivity contribution in [3.05, 3.63) is 16.0 Å². The third-order valence-electron chi connectivity index (χ3n) is 3.85. The fourth-order valence-electron chi connectivity index (χ4n) is 2.60. The van der Waals surface area contributed by atoms with Crippen molar-refractivity contribution < 1.29 is 9.47 Å². The largest absolute Gasteiger partial charge is 0.381 e. The van der Waals surface area contributed by atoms with Crippen LogP contribution in [0.2, 0.25) is 0 Å². The molecule has 2 heterocycles. The minimum atomic E-state index is -0.425. The average Bonchev–Trinajstić information content (AvgIpc) is 2.52. The summed E-state index contributed by atoms with van der Waals surface area (Å²) in [4.78, 5) is 9.52. The Labute approximate surface area is 135 Å². The standard InChI is InChI=1S/C15H24BrN3O2/c1-4-6-11-12(16)13(17-5-2)19-14(18-11)15(20-3)7-9-21-10-8-15/h4-10H2,1-3H3,(H,17,18,19). The molecule has 21 heavy (non-hydrogen) atoms.